The summed E-state index contributed by atoms with van der Waals surface area (Å²) in [6.07, 6.45) is 10.1. The molecule has 1 N–H and O–H groups in total. The smallest absolute Gasteiger partial charge is 0.234 e. The van der Waals surface area contributed by atoms with E-state index in [1.54, 1.807) is 0 Å². The summed E-state index contributed by atoms with van der Waals surface area (Å²) in [5, 5.41) is 19.2. The Bertz CT molecular complexity index is 867. The first-order valence-corrected chi connectivity index (χ1v) is 12.8. The van der Waals surface area contributed by atoms with Crippen LogP contribution in [-0.2, 0) is 6.42 Å². The molecule has 6 heteroatoms. The maximum Gasteiger partial charge on any atom is 0.234 e. The lowest BCUT2D eigenvalue weighted by Gasteiger charge is -2.33. The molecule has 1 saturated heterocycles. The molecule has 1 aliphatic heterocycles. The third-order valence-electron chi connectivity index (χ3n) is 6.98. The lowest BCUT2D eigenvalue weighted by atomic mass is 9.96. The summed E-state index contributed by atoms with van der Waals surface area (Å²) in [5.41, 5.74) is 3.18. The number of hydrogen-bond acceptors (Lipinski definition) is 6. The predicted octanol–water partition coefficient (Wildman–Crippen LogP) is 4.89. The fourth-order valence-corrected chi connectivity index (χ4v) is 4.89. The number of unbranched alkanes of at least 4 members (excludes halogenated alkanes) is 1. The van der Waals surface area contributed by atoms with Crippen molar-refractivity contribution in [3.63, 3.8) is 0 Å². The van der Waals surface area contributed by atoms with Gasteiger partial charge in [0.05, 0.1) is 24.5 Å². The third-order valence-corrected chi connectivity index (χ3v) is 6.98. The molecule has 4 rings (SSSR count). The van der Waals surface area contributed by atoms with Crippen LogP contribution in [0.5, 0.6) is 11.6 Å². The normalized spacial score (nSPS) is 22.3. The molecular formula is C27H39N3O3. The number of ether oxygens (including phenoxy) is 2. The van der Waals surface area contributed by atoms with Crippen LogP contribution in [0, 0.1) is 5.92 Å². The summed E-state index contributed by atoms with van der Waals surface area (Å²) in [5.74, 6) is 1.55. The highest BCUT2D eigenvalue weighted by Gasteiger charge is 2.27. The van der Waals surface area contributed by atoms with Crippen LogP contribution in [0.4, 0.5) is 0 Å². The van der Waals surface area contributed by atoms with Gasteiger partial charge in [-0.1, -0.05) is 31.9 Å². The standard InChI is InChI=1S/C27H39N3O3/c1-3-4-10-25-24(20-11-13-23(14-12-20)33-22-8-6-5-7-9-22)17-27(29-28-25)32-19-21-18-30(2)16-15-26(21)31/h11-14,17,21-22,26,31H,3-10,15-16,18-19H2,1-2H3/t21-,26-/m1/s1. The zero-order valence-electron chi connectivity index (χ0n) is 20.2. The van der Waals surface area contributed by atoms with E-state index < -0.39 is 0 Å². The molecule has 1 aromatic carbocycles. The van der Waals surface area contributed by atoms with Crippen molar-refractivity contribution < 1.29 is 14.6 Å². The van der Waals surface area contributed by atoms with Crippen molar-refractivity contribution >= 4 is 0 Å². The summed E-state index contributed by atoms with van der Waals surface area (Å²) < 4.78 is 12.2. The minimum absolute atomic E-state index is 0.0880. The van der Waals surface area contributed by atoms with Crippen LogP contribution in [0.25, 0.3) is 11.1 Å². The lowest BCUT2D eigenvalue weighted by Crippen LogP contribution is -2.43. The largest absolute Gasteiger partial charge is 0.490 e. The minimum Gasteiger partial charge on any atom is -0.490 e. The molecule has 2 aliphatic rings. The lowest BCUT2D eigenvalue weighted by molar-refractivity contribution is 0.0127. The van der Waals surface area contributed by atoms with Crippen molar-refractivity contribution in [1.82, 2.24) is 15.1 Å². The Kier molecular flexibility index (Phi) is 8.57. The molecule has 1 saturated carbocycles. The van der Waals surface area contributed by atoms with Gasteiger partial charge < -0.3 is 19.5 Å². The van der Waals surface area contributed by atoms with Gasteiger partial charge in [0.1, 0.15) is 5.75 Å². The number of aliphatic hydroxyl groups excluding tert-OH is 1. The molecule has 1 aliphatic carbocycles. The van der Waals surface area contributed by atoms with Crippen molar-refractivity contribution in [3.05, 3.63) is 36.0 Å². The van der Waals surface area contributed by atoms with Crippen LogP contribution < -0.4 is 9.47 Å². The molecule has 33 heavy (non-hydrogen) atoms. The maximum atomic E-state index is 10.3. The second-order valence-electron chi connectivity index (χ2n) is 9.74. The number of hydrogen-bond donors (Lipinski definition) is 1. The highest BCUT2D eigenvalue weighted by atomic mass is 16.5. The summed E-state index contributed by atoms with van der Waals surface area (Å²) in [6.45, 7) is 4.39. The molecule has 2 atom stereocenters. The third kappa shape index (κ3) is 6.67. The van der Waals surface area contributed by atoms with Gasteiger partial charge in [0.2, 0.25) is 5.88 Å². The van der Waals surface area contributed by atoms with Gasteiger partial charge in [-0.15, -0.1) is 5.10 Å². The Hall–Kier alpha value is -2.18. The molecule has 0 spiro atoms. The Morgan fingerprint density at radius 1 is 1.06 bits per heavy atom. The average molecular weight is 454 g/mol. The molecule has 2 fully saturated rings. The molecule has 2 heterocycles. The topological polar surface area (TPSA) is 67.7 Å². The van der Waals surface area contributed by atoms with Crippen LogP contribution in [0.15, 0.2) is 30.3 Å². The van der Waals surface area contributed by atoms with Crippen molar-refractivity contribution in [2.45, 2.75) is 76.9 Å². The number of benzene rings is 1. The molecule has 0 bridgehead atoms. The van der Waals surface area contributed by atoms with Crippen molar-refractivity contribution in [2.75, 3.05) is 26.7 Å². The van der Waals surface area contributed by atoms with Gasteiger partial charge in [0.25, 0.3) is 0 Å². The molecule has 6 nitrogen and oxygen atoms in total. The van der Waals surface area contributed by atoms with Crippen molar-refractivity contribution in [3.8, 4) is 22.8 Å². The minimum atomic E-state index is -0.325. The van der Waals surface area contributed by atoms with E-state index in [1.165, 1.54) is 19.3 Å². The number of aromatic nitrogens is 2. The van der Waals surface area contributed by atoms with Gasteiger partial charge in [-0.25, -0.2) is 0 Å². The molecule has 1 aromatic heterocycles. The van der Waals surface area contributed by atoms with Crippen LogP contribution >= 0.6 is 0 Å². The average Bonchev–Trinajstić information content (AvgIpc) is 2.85. The number of aliphatic hydroxyl groups is 1. The Labute approximate surface area is 198 Å². The van der Waals surface area contributed by atoms with Gasteiger partial charge in [-0.2, -0.15) is 5.10 Å². The van der Waals surface area contributed by atoms with Gasteiger partial charge in [-0.05, 0) is 69.7 Å². The van der Waals surface area contributed by atoms with E-state index in [0.717, 1.165) is 74.2 Å². The quantitative estimate of drug-likeness (QED) is 0.583. The van der Waals surface area contributed by atoms with E-state index in [0.29, 0.717) is 18.6 Å². The first kappa shape index (κ1) is 24.0. The number of likely N-dealkylation sites (tertiary alicyclic amines) is 1. The molecule has 0 amide bonds. The second-order valence-corrected chi connectivity index (χ2v) is 9.74. The highest BCUT2D eigenvalue weighted by Crippen LogP contribution is 2.30. The number of nitrogens with zero attached hydrogens (tertiary/aromatic N) is 3. The monoisotopic (exact) mass is 453 g/mol. The van der Waals surface area contributed by atoms with Crippen molar-refractivity contribution in [1.29, 1.82) is 0 Å². The molecule has 0 unspecified atom stereocenters. The van der Waals surface area contributed by atoms with E-state index in [9.17, 15) is 5.11 Å². The number of aryl methyl sites for hydroxylation is 1. The first-order chi connectivity index (χ1) is 16.1. The second kappa shape index (κ2) is 11.8. The van der Waals surface area contributed by atoms with E-state index in [4.69, 9.17) is 9.47 Å². The summed E-state index contributed by atoms with van der Waals surface area (Å²) in [7, 11) is 2.08. The molecule has 180 valence electrons. The number of rotatable bonds is 9. The first-order valence-electron chi connectivity index (χ1n) is 12.8. The zero-order chi connectivity index (χ0) is 23.0. The van der Waals surface area contributed by atoms with Gasteiger partial charge in [0.15, 0.2) is 0 Å². The SMILES string of the molecule is CCCCc1nnc(OC[C@H]2CN(C)CC[C@H]2O)cc1-c1ccc(OC2CCCCC2)cc1. The molecule has 2 aromatic rings. The molecule has 0 radical (unpaired) electrons. The summed E-state index contributed by atoms with van der Waals surface area (Å²) in [6, 6.07) is 10.4. The maximum absolute atomic E-state index is 10.3. The fourth-order valence-electron chi connectivity index (χ4n) is 4.89. The van der Waals surface area contributed by atoms with E-state index in [-0.39, 0.29) is 12.0 Å². The Morgan fingerprint density at radius 3 is 2.61 bits per heavy atom. The Balaban J connectivity index is 1.47. The molecular weight excluding hydrogens is 414 g/mol. The van der Waals surface area contributed by atoms with Gasteiger partial charge >= 0.3 is 0 Å². The van der Waals surface area contributed by atoms with E-state index >= 15 is 0 Å². The summed E-state index contributed by atoms with van der Waals surface area (Å²) >= 11 is 0. The Morgan fingerprint density at radius 2 is 1.85 bits per heavy atom. The zero-order valence-corrected chi connectivity index (χ0v) is 20.2. The van der Waals surface area contributed by atoms with Crippen LogP contribution in [0.3, 0.4) is 0 Å². The van der Waals surface area contributed by atoms with E-state index in [2.05, 4.69) is 53.3 Å². The fraction of sp³-hybridized carbons (Fsp3) is 0.630. The summed E-state index contributed by atoms with van der Waals surface area (Å²) in [4.78, 5) is 2.24. The predicted molar refractivity (Wildman–Crippen MR) is 131 cm³/mol. The number of piperidine rings is 1. The van der Waals surface area contributed by atoms with E-state index in [1.807, 2.05) is 6.07 Å². The van der Waals surface area contributed by atoms with Gasteiger partial charge in [-0.3, -0.25) is 0 Å². The highest BCUT2D eigenvalue weighted by molar-refractivity contribution is 5.67. The van der Waals surface area contributed by atoms with Crippen molar-refractivity contribution in [2.24, 2.45) is 5.92 Å². The van der Waals surface area contributed by atoms with Gasteiger partial charge in [0, 0.05) is 30.6 Å². The van der Waals surface area contributed by atoms with Crippen LogP contribution in [0.2, 0.25) is 0 Å². The van der Waals surface area contributed by atoms with Crippen LogP contribution in [0.1, 0.15) is 64.0 Å². The van der Waals surface area contributed by atoms with Crippen LogP contribution in [-0.4, -0.2) is 59.2 Å².